The fraction of sp³-hybridized carbons (Fsp3) is 0.471. The monoisotopic (exact) mass is 317 g/mol. The Kier molecular flexibility index (Phi) is 5.36. The third kappa shape index (κ3) is 4.09. The minimum Gasteiger partial charge on any atom is -0.347 e. The van der Waals surface area contributed by atoms with Crippen LogP contribution in [0.4, 0.5) is 5.69 Å². The lowest BCUT2D eigenvalue weighted by Gasteiger charge is -2.17. The Morgan fingerprint density at radius 3 is 2.48 bits per heavy atom. The minimum atomic E-state index is -0.414. The molecule has 23 heavy (non-hydrogen) atoms. The van der Waals surface area contributed by atoms with E-state index in [1.807, 2.05) is 24.3 Å². The van der Waals surface area contributed by atoms with Gasteiger partial charge in [0.25, 0.3) is 0 Å². The van der Waals surface area contributed by atoms with Crippen LogP contribution in [0.3, 0.4) is 0 Å². The molecule has 0 radical (unpaired) electrons. The van der Waals surface area contributed by atoms with Crippen LogP contribution in [0.1, 0.15) is 18.9 Å². The van der Waals surface area contributed by atoms with Gasteiger partial charge in [-0.05, 0) is 24.1 Å². The molecule has 1 heterocycles. The van der Waals surface area contributed by atoms with Crippen LogP contribution >= 0.6 is 0 Å². The molecule has 6 heteroatoms. The van der Waals surface area contributed by atoms with E-state index in [4.69, 9.17) is 0 Å². The third-order valence-corrected chi connectivity index (χ3v) is 4.06. The number of carbonyl (C=O) groups excluding carboxylic acids is 3. The van der Waals surface area contributed by atoms with E-state index in [1.165, 1.54) is 10.5 Å². The smallest absolute Gasteiger partial charge is 0.241 e. The zero-order valence-corrected chi connectivity index (χ0v) is 13.8. The minimum absolute atomic E-state index is 0.0400. The molecule has 1 atom stereocenters. The fourth-order valence-corrected chi connectivity index (χ4v) is 2.51. The number of anilines is 1. The largest absolute Gasteiger partial charge is 0.347 e. The van der Waals surface area contributed by atoms with E-state index >= 15 is 0 Å². The van der Waals surface area contributed by atoms with Gasteiger partial charge in [0.1, 0.15) is 0 Å². The van der Waals surface area contributed by atoms with Crippen LogP contribution in [0.15, 0.2) is 24.3 Å². The van der Waals surface area contributed by atoms with Gasteiger partial charge in [-0.15, -0.1) is 0 Å². The SMILES string of the molecule is CCc1ccc(N2C[C@@H](C(=O)NCC(=O)N(C)C)CC2=O)cc1. The standard InChI is InChI=1S/C17H23N3O3/c1-4-12-5-7-14(8-6-12)20-11-13(9-15(20)21)17(23)18-10-16(22)19(2)3/h5-8,13H,4,9-11H2,1-3H3,(H,18,23)/t13-/m0/s1. The first-order chi connectivity index (χ1) is 10.9. The molecule has 1 aliphatic rings. The molecule has 1 N–H and O–H groups in total. The van der Waals surface area contributed by atoms with Gasteiger partial charge in [-0.1, -0.05) is 19.1 Å². The molecule has 6 nitrogen and oxygen atoms in total. The number of nitrogens with one attached hydrogen (secondary N) is 1. The van der Waals surface area contributed by atoms with Crippen LogP contribution in [0, 0.1) is 5.92 Å². The molecule has 0 aliphatic carbocycles. The molecule has 0 bridgehead atoms. The maximum Gasteiger partial charge on any atom is 0.241 e. The van der Waals surface area contributed by atoms with Crippen molar-refractivity contribution in [2.75, 3.05) is 32.1 Å². The summed E-state index contributed by atoms with van der Waals surface area (Å²) in [4.78, 5) is 38.9. The second-order valence-corrected chi connectivity index (χ2v) is 5.93. The van der Waals surface area contributed by atoms with Crippen molar-refractivity contribution < 1.29 is 14.4 Å². The summed E-state index contributed by atoms with van der Waals surface area (Å²) in [7, 11) is 3.27. The number of hydrogen-bond acceptors (Lipinski definition) is 3. The lowest BCUT2D eigenvalue weighted by molar-refractivity contribution is -0.132. The van der Waals surface area contributed by atoms with E-state index in [2.05, 4.69) is 12.2 Å². The molecule has 0 aromatic heterocycles. The van der Waals surface area contributed by atoms with Gasteiger partial charge < -0.3 is 15.1 Å². The number of hydrogen-bond donors (Lipinski definition) is 1. The molecule has 1 aromatic carbocycles. The van der Waals surface area contributed by atoms with E-state index in [-0.39, 0.29) is 30.7 Å². The molecule has 1 aliphatic heterocycles. The van der Waals surface area contributed by atoms with Crippen LogP contribution in [0.5, 0.6) is 0 Å². The molecule has 0 unspecified atom stereocenters. The highest BCUT2D eigenvalue weighted by Gasteiger charge is 2.35. The third-order valence-electron chi connectivity index (χ3n) is 4.06. The molecule has 0 saturated carbocycles. The first-order valence-electron chi connectivity index (χ1n) is 7.79. The first-order valence-corrected chi connectivity index (χ1v) is 7.79. The molecule has 124 valence electrons. The Hall–Kier alpha value is -2.37. The summed E-state index contributed by atoms with van der Waals surface area (Å²) in [6, 6.07) is 7.80. The van der Waals surface area contributed by atoms with Gasteiger partial charge in [-0.3, -0.25) is 14.4 Å². The van der Waals surface area contributed by atoms with Gasteiger partial charge in [-0.2, -0.15) is 0 Å². The first kappa shape index (κ1) is 17.0. The summed E-state index contributed by atoms with van der Waals surface area (Å²) in [5.74, 6) is -0.896. The lowest BCUT2D eigenvalue weighted by Crippen LogP contribution is -2.39. The van der Waals surface area contributed by atoms with Crippen molar-refractivity contribution in [3.05, 3.63) is 29.8 Å². The van der Waals surface area contributed by atoms with Crippen molar-refractivity contribution in [2.45, 2.75) is 19.8 Å². The zero-order chi connectivity index (χ0) is 17.0. The maximum absolute atomic E-state index is 12.2. The Bertz CT molecular complexity index is 596. The van der Waals surface area contributed by atoms with Gasteiger partial charge >= 0.3 is 0 Å². The van der Waals surface area contributed by atoms with Crippen molar-refractivity contribution in [1.29, 1.82) is 0 Å². The van der Waals surface area contributed by atoms with Crippen LogP contribution in [0.25, 0.3) is 0 Å². The second-order valence-electron chi connectivity index (χ2n) is 5.93. The summed E-state index contributed by atoms with van der Waals surface area (Å²) in [5, 5.41) is 2.61. The summed E-state index contributed by atoms with van der Waals surface area (Å²) in [6.45, 7) is 2.39. The lowest BCUT2D eigenvalue weighted by atomic mass is 10.1. The van der Waals surface area contributed by atoms with E-state index in [0.29, 0.717) is 6.54 Å². The van der Waals surface area contributed by atoms with Crippen LogP contribution in [-0.4, -0.2) is 49.8 Å². The Morgan fingerprint density at radius 1 is 1.26 bits per heavy atom. The Morgan fingerprint density at radius 2 is 1.91 bits per heavy atom. The number of nitrogens with zero attached hydrogens (tertiary/aromatic N) is 2. The predicted octanol–water partition coefficient (Wildman–Crippen LogP) is 0.806. The van der Waals surface area contributed by atoms with Crippen LogP contribution < -0.4 is 10.2 Å². The van der Waals surface area contributed by atoms with Gasteiger partial charge in [0.05, 0.1) is 12.5 Å². The predicted molar refractivity (Wildman–Crippen MR) is 88.0 cm³/mol. The van der Waals surface area contributed by atoms with E-state index in [0.717, 1.165) is 12.1 Å². The van der Waals surface area contributed by atoms with Crippen molar-refractivity contribution in [2.24, 2.45) is 5.92 Å². The topological polar surface area (TPSA) is 69.7 Å². The average Bonchev–Trinajstić information content (AvgIpc) is 2.94. The number of carbonyl (C=O) groups is 3. The van der Waals surface area contributed by atoms with Crippen molar-refractivity contribution >= 4 is 23.4 Å². The number of likely N-dealkylation sites (N-methyl/N-ethyl adjacent to an activating group) is 1. The number of rotatable bonds is 5. The normalized spacial score (nSPS) is 17.3. The van der Waals surface area contributed by atoms with Crippen molar-refractivity contribution in [3.63, 3.8) is 0 Å². The van der Waals surface area contributed by atoms with E-state index in [9.17, 15) is 14.4 Å². The Labute approximate surface area is 136 Å². The summed E-state index contributed by atoms with van der Waals surface area (Å²) in [5.41, 5.74) is 2.02. The summed E-state index contributed by atoms with van der Waals surface area (Å²) in [6.07, 6.45) is 1.12. The van der Waals surface area contributed by atoms with Crippen LogP contribution in [-0.2, 0) is 20.8 Å². The average molecular weight is 317 g/mol. The fourth-order valence-electron chi connectivity index (χ4n) is 2.51. The summed E-state index contributed by atoms with van der Waals surface area (Å²) >= 11 is 0. The van der Waals surface area contributed by atoms with E-state index < -0.39 is 5.92 Å². The summed E-state index contributed by atoms with van der Waals surface area (Å²) < 4.78 is 0. The highest BCUT2D eigenvalue weighted by atomic mass is 16.2. The van der Waals surface area contributed by atoms with Gasteiger partial charge in [-0.25, -0.2) is 0 Å². The van der Waals surface area contributed by atoms with Crippen molar-refractivity contribution in [1.82, 2.24) is 10.2 Å². The van der Waals surface area contributed by atoms with E-state index in [1.54, 1.807) is 19.0 Å². The second kappa shape index (κ2) is 7.26. The zero-order valence-electron chi connectivity index (χ0n) is 13.8. The van der Waals surface area contributed by atoms with Gasteiger partial charge in [0.15, 0.2) is 0 Å². The number of aryl methyl sites for hydroxylation is 1. The highest BCUT2D eigenvalue weighted by molar-refractivity contribution is 6.00. The van der Waals surface area contributed by atoms with Gasteiger partial charge in [0.2, 0.25) is 17.7 Å². The Balaban J connectivity index is 1.96. The van der Waals surface area contributed by atoms with Crippen LogP contribution in [0.2, 0.25) is 0 Å². The molecule has 1 saturated heterocycles. The molecular formula is C17H23N3O3. The van der Waals surface area contributed by atoms with Crippen molar-refractivity contribution in [3.8, 4) is 0 Å². The van der Waals surface area contributed by atoms with Gasteiger partial charge in [0, 0.05) is 32.7 Å². The number of amides is 3. The maximum atomic E-state index is 12.2. The molecule has 0 spiro atoms. The number of benzene rings is 1. The quantitative estimate of drug-likeness (QED) is 0.873. The molecule has 3 amide bonds. The molecule has 1 fully saturated rings. The highest BCUT2D eigenvalue weighted by Crippen LogP contribution is 2.25. The molecule has 1 aromatic rings. The molecule has 2 rings (SSSR count). The molecular weight excluding hydrogens is 294 g/mol.